The summed E-state index contributed by atoms with van der Waals surface area (Å²) in [6, 6.07) is 15.8. The van der Waals surface area contributed by atoms with Crippen LogP contribution in [-0.2, 0) is 16.0 Å². The van der Waals surface area contributed by atoms with E-state index in [0.717, 1.165) is 52.9 Å². The molecule has 1 N–H and O–H groups in total. The molecule has 5 rings (SSSR count). The van der Waals surface area contributed by atoms with Crippen molar-refractivity contribution in [2.75, 3.05) is 18.4 Å². The summed E-state index contributed by atoms with van der Waals surface area (Å²) in [6.45, 7) is 5.07. The predicted molar refractivity (Wildman–Crippen MR) is 139 cm³/mol. The number of ether oxygens (including phenoxy) is 1. The van der Waals surface area contributed by atoms with Gasteiger partial charge < -0.3 is 15.0 Å². The van der Waals surface area contributed by atoms with E-state index < -0.39 is 0 Å². The van der Waals surface area contributed by atoms with Crippen LogP contribution in [0.4, 0.5) is 10.5 Å². The highest BCUT2D eigenvalue weighted by Crippen LogP contribution is 2.39. The number of aromatic nitrogens is 2. The van der Waals surface area contributed by atoms with Crippen molar-refractivity contribution < 1.29 is 14.3 Å². The number of benzene rings is 1. The van der Waals surface area contributed by atoms with Crippen LogP contribution < -0.4 is 5.32 Å². The van der Waals surface area contributed by atoms with Crippen molar-refractivity contribution in [2.24, 2.45) is 0 Å². The van der Waals surface area contributed by atoms with Gasteiger partial charge in [0.2, 0.25) is 5.91 Å². The van der Waals surface area contributed by atoms with E-state index in [2.05, 4.69) is 15.3 Å². The quantitative estimate of drug-likeness (QED) is 0.508. The minimum Gasteiger partial charge on any atom is -0.443 e. The molecule has 1 aromatic carbocycles. The average molecular weight is 483 g/mol. The molecular weight excluding hydrogens is 452 g/mol. The van der Waals surface area contributed by atoms with E-state index in [4.69, 9.17) is 4.74 Å². The number of hydrogen-bond donors (Lipinski definition) is 1. The van der Waals surface area contributed by atoms with Gasteiger partial charge in [-0.2, -0.15) is 0 Å². The summed E-state index contributed by atoms with van der Waals surface area (Å²) >= 11 is 0. The van der Waals surface area contributed by atoms with E-state index in [9.17, 15) is 9.59 Å². The molecule has 7 nitrogen and oxygen atoms in total. The highest BCUT2D eigenvalue weighted by atomic mass is 16.6. The van der Waals surface area contributed by atoms with Gasteiger partial charge in [-0.05, 0) is 79.6 Å². The average Bonchev–Trinajstić information content (AvgIpc) is 3.61. The van der Waals surface area contributed by atoms with E-state index in [1.165, 1.54) is 0 Å². The van der Waals surface area contributed by atoms with Gasteiger partial charge in [0.25, 0.3) is 0 Å². The minimum atomic E-state index is -0.258. The lowest BCUT2D eigenvalue weighted by Gasteiger charge is -2.27. The van der Waals surface area contributed by atoms with E-state index in [-0.39, 0.29) is 24.0 Å². The summed E-state index contributed by atoms with van der Waals surface area (Å²) in [4.78, 5) is 35.3. The number of anilines is 1. The molecule has 1 aliphatic heterocycles. The van der Waals surface area contributed by atoms with Crippen LogP contribution in [0, 0.1) is 6.92 Å². The monoisotopic (exact) mass is 482 g/mol. The van der Waals surface area contributed by atoms with Crippen molar-refractivity contribution in [3.05, 3.63) is 84.0 Å². The summed E-state index contributed by atoms with van der Waals surface area (Å²) in [5.41, 5.74) is 6.48. The normalized spacial score (nSPS) is 16.2. The smallest absolute Gasteiger partial charge is 0.410 e. The molecule has 3 aromatic rings. The molecule has 0 unspecified atom stereocenters. The van der Waals surface area contributed by atoms with E-state index >= 15 is 0 Å². The summed E-state index contributed by atoms with van der Waals surface area (Å²) in [6.07, 6.45) is 8.16. The van der Waals surface area contributed by atoms with Crippen molar-refractivity contribution in [1.29, 1.82) is 0 Å². The van der Waals surface area contributed by atoms with Crippen LogP contribution in [0.25, 0.3) is 16.7 Å². The van der Waals surface area contributed by atoms with Crippen molar-refractivity contribution >= 4 is 23.3 Å². The van der Waals surface area contributed by atoms with Crippen LogP contribution in [-0.4, -0.2) is 45.6 Å². The first-order valence-corrected chi connectivity index (χ1v) is 12.3. The van der Waals surface area contributed by atoms with Crippen molar-refractivity contribution in [3.8, 4) is 11.1 Å². The largest absolute Gasteiger partial charge is 0.443 e. The Balaban J connectivity index is 1.13. The highest BCUT2D eigenvalue weighted by Gasteiger charge is 2.42. The zero-order valence-electron chi connectivity index (χ0n) is 20.7. The molecule has 184 valence electrons. The molecule has 0 bridgehead atoms. The lowest BCUT2D eigenvalue weighted by Crippen LogP contribution is -2.37. The maximum absolute atomic E-state index is 12.6. The maximum atomic E-state index is 12.6. The van der Waals surface area contributed by atoms with Gasteiger partial charge in [-0.1, -0.05) is 30.3 Å². The van der Waals surface area contributed by atoms with Gasteiger partial charge in [0.15, 0.2) is 0 Å². The fraction of sp³-hybridized carbons (Fsp3) is 0.310. The first-order valence-electron chi connectivity index (χ1n) is 12.3. The second-order valence-corrected chi connectivity index (χ2v) is 9.78. The first-order chi connectivity index (χ1) is 17.4. The third-order valence-electron chi connectivity index (χ3n) is 6.68. The molecule has 0 saturated heterocycles. The number of rotatable bonds is 6. The lowest BCUT2D eigenvalue weighted by atomic mass is 10.0. The molecule has 0 atom stereocenters. The Morgan fingerprint density at radius 3 is 2.50 bits per heavy atom. The number of carbonyl (C=O) groups is 2. The van der Waals surface area contributed by atoms with Crippen LogP contribution in [0.5, 0.6) is 0 Å². The molecule has 2 aromatic heterocycles. The molecular formula is C29H30N4O3. The van der Waals surface area contributed by atoms with Crippen molar-refractivity contribution in [3.63, 3.8) is 0 Å². The molecule has 36 heavy (non-hydrogen) atoms. The summed E-state index contributed by atoms with van der Waals surface area (Å²) in [5.74, 6) is -0.0903. The molecule has 7 heteroatoms. The number of aryl methyl sites for hydroxylation is 1. The van der Waals surface area contributed by atoms with Crippen molar-refractivity contribution in [2.45, 2.75) is 45.1 Å². The van der Waals surface area contributed by atoms with Gasteiger partial charge >= 0.3 is 6.09 Å². The van der Waals surface area contributed by atoms with Crippen LogP contribution in [0.1, 0.15) is 43.1 Å². The maximum Gasteiger partial charge on any atom is 0.410 e. The number of nitrogens with zero attached hydrogens (tertiary/aromatic N) is 3. The zero-order valence-corrected chi connectivity index (χ0v) is 20.7. The second-order valence-electron chi connectivity index (χ2n) is 9.78. The molecule has 2 aliphatic rings. The summed E-state index contributed by atoms with van der Waals surface area (Å²) < 4.78 is 5.55. The Hall–Kier alpha value is -4.00. The summed E-state index contributed by atoms with van der Waals surface area (Å²) in [7, 11) is 0. The van der Waals surface area contributed by atoms with Gasteiger partial charge in [-0.15, -0.1) is 0 Å². The van der Waals surface area contributed by atoms with E-state index in [0.29, 0.717) is 18.8 Å². The molecule has 0 spiro atoms. The van der Waals surface area contributed by atoms with Gasteiger partial charge in [-0.3, -0.25) is 14.8 Å². The standard InChI is InChI=1S/C29H30N4O3/c1-20-17-24(9-14-30-20)22-5-3-21(4-6-22)18-27(34)32-25-7-8-26(31-19-25)23-10-15-33(16-11-23)28(35)36-29(2)12-13-29/h3-10,14,17,19H,11-13,15-16,18H2,1-2H3,(H,32,34). The molecule has 1 fully saturated rings. The topological polar surface area (TPSA) is 84.4 Å². The van der Waals surface area contributed by atoms with Crippen LogP contribution >= 0.6 is 0 Å². The molecule has 1 saturated carbocycles. The zero-order chi connectivity index (χ0) is 25.1. The minimum absolute atomic E-state index is 0.0903. The Bertz CT molecular complexity index is 1290. The Morgan fingerprint density at radius 2 is 1.86 bits per heavy atom. The molecule has 1 aliphatic carbocycles. The van der Waals surface area contributed by atoms with Crippen LogP contribution in [0.15, 0.2) is 67.0 Å². The Morgan fingerprint density at radius 1 is 1.06 bits per heavy atom. The third kappa shape index (κ3) is 5.79. The Kier molecular flexibility index (Phi) is 6.55. The van der Waals surface area contributed by atoms with Gasteiger partial charge in [0.1, 0.15) is 5.60 Å². The highest BCUT2D eigenvalue weighted by molar-refractivity contribution is 5.92. The first kappa shape index (κ1) is 23.7. The summed E-state index contributed by atoms with van der Waals surface area (Å²) in [5, 5.41) is 2.93. The molecule has 0 radical (unpaired) electrons. The Labute approximate surface area is 211 Å². The number of nitrogens with one attached hydrogen (secondary N) is 1. The van der Waals surface area contributed by atoms with E-state index in [1.807, 2.05) is 68.5 Å². The SMILES string of the molecule is Cc1cc(-c2ccc(CC(=O)Nc3ccc(C4=CCN(C(=O)OC5(C)CC5)CC4)nc3)cc2)ccn1. The van der Waals surface area contributed by atoms with Gasteiger partial charge in [0, 0.05) is 25.0 Å². The lowest BCUT2D eigenvalue weighted by molar-refractivity contribution is -0.115. The third-order valence-corrected chi connectivity index (χ3v) is 6.68. The van der Waals surface area contributed by atoms with Crippen molar-refractivity contribution in [1.82, 2.24) is 14.9 Å². The van der Waals surface area contributed by atoms with Crippen LogP contribution in [0.2, 0.25) is 0 Å². The van der Waals surface area contributed by atoms with Gasteiger partial charge in [-0.25, -0.2) is 4.79 Å². The van der Waals surface area contributed by atoms with E-state index in [1.54, 1.807) is 17.3 Å². The van der Waals surface area contributed by atoms with Gasteiger partial charge in [0.05, 0.1) is 24.0 Å². The number of carbonyl (C=O) groups excluding carboxylic acids is 2. The molecule has 2 amide bonds. The fourth-order valence-corrected chi connectivity index (χ4v) is 4.21. The molecule has 3 heterocycles. The number of hydrogen-bond acceptors (Lipinski definition) is 5. The fourth-order valence-electron chi connectivity index (χ4n) is 4.21. The second kappa shape index (κ2) is 9.93. The number of pyridine rings is 2. The number of amides is 2. The predicted octanol–water partition coefficient (Wildman–Crippen LogP) is 5.41. The van der Waals surface area contributed by atoms with Crippen LogP contribution in [0.3, 0.4) is 0 Å².